The number of anilines is 3. The molecule has 0 saturated carbocycles. The van der Waals surface area contributed by atoms with Crippen LogP contribution < -0.4 is 10.1 Å². The van der Waals surface area contributed by atoms with Crippen LogP contribution in [0.1, 0.15) is 47.9 Å². The summed E-state index contributed by atoms with van der Waals surface area (Å²) in [4.78, 5) is 21.5. The van der Waals surface area contributed by atoms with Crippen LogP contribution in [0.25, 0.3) is 11.3 Å². The minimum Gasteiger partial charge on any atom is -0.410 e. The van der Waals surface area contributed by atoms with E-state index in [1.807, 2.05) is 13.0 Å². The van der Waals surface area contributed by atoms with Gasteiger partial charge in [0.05, 0.1) is 23.4 Å². The number of nitriles is 1. The smallest absolute Gasteiger partial charge is 0.410 e. The normalized spacial score (nSPS) is 19.1. The molecule has 3 heterocycles. The van der Waals surface area contributed by atoms with Crippen molar-refractivity contribution in [2.45, 2.75) is 37.3 Å². The van der Waals surface area contributed by atoms with E-state index in [1.54, 1.807) is 23.0 Å². The van der Waals surface area contributed by atoms with E-state index in [9.17, 15) is 28.3 Å². The van der Waals surface area contributed by atoms with Crippen molar-refractivity contribution >= 4 is 30.9 Å². The number of benzene rings is 2. The number of aliphatic hydroxyl groups is 1. The second-order valence-electron chi connectivity index (χ2n) is 10.2. The van der Waals surface area contributed by atoms with Gasteiger partial charge in [-0.1, -0.05) is 13.0 Å². The number of carbonyl (C=O) groups excluding carboxylic acids is 1. The molecule has 1 fully saturated rings. The highest BCUT2D eigenvalue weighted by atomic mass is 19.4. The second-order valence-corrected chi connectivity index (χ2v) is 10.2. The Morgan fingerprint density at radius 1 is 1.27 bits per heavy atom. The molecule has 1 radical (unpaired) electrons. The molecule has 2 aliphatic rings. The maximum absolute atomic E-state index is 14.0. The monoisotopic (exact) mass is 548 g/mol. The molecule has 3 aromatic rings. The average Bonchev–Trinajstić information content (AvgIpc) is 3.24. The molecule has 40 heavy (non-hydrogen) atoms. The lowest BCUT2D eigenvalue weighted by atomic mass is 9.83. The van der Waals surface area contributed by atoms with Gasteiger partial charge in [0.15, 0.2) is 0 Å². The summed E-state index contributed by atoms with van der Waals surface area (Å²) in [6.07, 6.45) is -1.35. The molecule has 2 aliphatic heterocycles. The molecule has 205 valence electrons. The summed E-state index contributed by atoms with van der Waals surface area (Å²) >= 11 is 0. The average molecular weight is 548 g/mol. The molecule has 1 unspecified atom stereocenters. The molecule has 1 saturated heterocycles. The van der Waals surface area contributed by atoms with Gasteiger partial charge in [-0.2, -0.15) is 18.4 Å². The number of aromatic nitrogens is 2. The van der Waals surface area contributed by atoms with Gasteiger partial charge in [0.25, 0.3) is 0 Å². The van der Waals surface area contributed by atoms with Crippen molar-refractivity contribution in [3.8, 4) is 17.3 Å². The maximum atomic E-state index is 14.0. The van der Waals surface area contributed by atoms with Gasteiger partial charge < -0.3 is 24.8 Å². The SMILES string of the molecule is CC1(CO)CN([B]C=O)c2c(C#N)cc(-c3ccnc(Nc4ccc(C5CCOCC5)c(C(F)(F)F)c4)n3)cc21. The Balaban J connectivity index is 1.49. The Bertz CT molecular complexity index is 1470. The fourth-order valence-corrected chi connectivity index (χ4v) is 5.47. The van der Waals surface area contributed by atoms with Crippen LogP contribution in [0, 0.1) is 11.3 Å². The van der Waals surface area contributed by atoms with E-state index >= 15 is 0 Å². The van der Waals surface area contributed by atoms with Crippen LogP contribution in [0.4, 0.5) is 30.5 Å². The number of alkyl halides is 3. The van der Waals surface area contributed by atoms with E-state index in [0.29, 0.717) is 66.9 Å². The first-order valence-electron chi connectivity index (χ1n) is 12.8. The molecule has 8 nitrogen and oxygen atoms in total. The molecule has 2 aromatic carbocycles. The summed E-state index contributed by atoms with van der Waals surface area (Å²) in [5.74, 6) is -0.137. The third-order valence-corrected chi connectivity index (χ3v) is 7.50. The van der Waals surface area contributed by atoms with Gasteiger partial charge in [-0.05, 0) is 60.2 Å². The number of ether oxygens (including phenoxy) is 1. The lowest BCUT2D eigenvalue weighted by Gasteiger charge is -2.26. The molecule has 5 rings (SSSR count). The number of aliphatic hydroxyl groups excluding tert-OH is 1. The maximum Gasteiger partial charge on any atom is 0.416 e. The highest BCUT2D eigenvalue weighted by molar-refractivity contribution is 6.70. The van der Waals surface area contributed by atoms with E-state index in [-0.39, 0.29) is 29.7 Å². The minimum absolute atomic E-state index is 0.0873. The molecule has 0 bridgehead atoms. The summed E-state index contributed by atoms with van der Waals surface area (Å²) in [5, 5.41) is 22.9. The third kappa shape index (κ3) is 5.27. The second kappa shape index (κ2) is 10.9. The molecule has 1 aromatic heterocycles. The molecule has 0 amide bonds. The first-order chi connectivity index (χ1) is 19.2. The quantitative estimate of drug-likeness (QED) is 0.327. The van der Waals surface area contributed by atoms with E-state index in [1.165, 1.54) is 19.7 Å². The highest BCUT2D eigenvalue weighted by Crippen LogP contribution is 2.44. The van der Waals surface area contributed by atoms with Crippen molar-refractivity contribution < 1.29 is 27.8 Å². The van der Waals surface area contributed by atoms with E-state index in [0.717, 1.165) is 6.07 Å². The van der Waals surface area contributed by atoms with Crippen LogP contribution in [-0.4, -0.2) is 55.0 Å². The van der Waals surface area contributed by atoms with Gasteiger partial charge in [-0.15, -0.1) is 0 Å². The molecular weight excluding hydrogens is 522 g/mol. The highest BCUT2D eigenvalue weighted by Gasteiger charge is 2.40. The van der Waals surface area contributed by atoms with Crippen molar-refractivity contribution in [1.29, 1.82) is 5.26 Å². The number of carbonyl (C=O) groups is 1. The first kappa shape index (κ1) is 27.6. The van der Waals surface area contributed by atoms with Crippen molar-refractivity contribution in [1.82, 2.24) is 9.97 Å². The third-order valence-electron chi connectivity index (χ3n) is 7.50. The van der Waals surface area contributed by atoms with Crippen molar-refractivity contribution in [3.63, 3.8) is 0 Å². The number of hydrogen-bond acceptors (Lipinski definition) is 8. The van der Waals surface area contributed by atoms with E-state index < -0.39 is 17.2 Å². The van der Waals surface area contributed by atoms with Crippen molar-refractivity contribution in [2.24, 2.45) is 0 Å². The Morgan fingerprint density at radius 2 is 2.05 bits per heavy atom. The van der Waals surface area contributed by atoms with Crippen LogP contribution in [0.3, 0.4) is 0 Å². The molecular formula is C28H26BF3N5O3. The van der Waals surface area contributed by atoms with Crippen LogP contribution in [-0.2, 0) is 21.1 Å². The van der Waals surface area contributed by atoms with Gasteiger partial charge in [0, 0.05) is 48.3 Å². The van der Waals surface area contributed by atoms with Crippen molar-refractivity contribution in [2.75, 3.05) is 36.5 Å². The number of fused-ring (bicyclic) bond motifs is 1. The molecule has 0 spiro atoms. The van der Waals surface area contributed by atoms with Crippen LogP contribution in [0.5, 0.6) is 0 Å². The topological polar surface area (TPSA) is 111 Å². The van der Waals surface area contributed by atoms with Gasteiger partial charge in [-0.3, -0.25) is 0 Å². The summed E-state index contributed by atoms with van der Waals surface area (Å²) in [7, 11) is 1.33. The molecule has 2 N–H and O–H groups in total. The van der Waals surface area contributed by atoms with Gasteiger partial charge in [0.1, 0.15) is 12.3 Å². The van der Waals surface area contributed by atoms with Crippen LogP contribution in [0.15, 0.2) is 42.6 Å². The van der Waals surface area contributed by atoms with Gasteiger partial charge >= 0.3 is 13.6 Å². The van der Waals surface area contributed by atoms with Crippen molar-refractivity contribution in [3.05, 3.63) is 64.8 Å². The zero-order valence-corrected chi connectivity index (χ0v) is 21.7. The number of rotatable bonds is 7. The van der Waals surface area contributed by atoms with Crippen LogP contribution in [0.2, 0.25) is 0 Å². The van der Waals surface area contributed by atoms with E-state index in [2.05, 4.69) is 21.4 Å². The Hall–Kier alpha value is -3.95. The lowest BCUT2D eigenvalue weighted by molar-refractivity contribution is -0.138. The molecule has 0 aliphatic carbocycles. The Labute approximate surface area is 230 Å². The lowest BCUT2D eigenvalue weighted by Crippen LogP contribution is -2.36. The largest absolute Gasteiger partial charge is 0.416 e. The molecule has 1 atom stereocenters. The number of nitrogens with zero attached hydrogens (tertiary/aromatic N) is 4. The summed E-state index contributed by atoms with van der Waals surface area (Å²) in [5.41, 5.74) is 1.56. The first-order valence-corrected chi connectivity index (χ1v) is 12.8. The van der Waals surface area contributed by atoms with Gasteiger partial charge in [0.2, 0.25) is 5.95 Å². The summed E-state index contributed by atoms with van der Waals surface area (Å²) in [6, 6.07) is 11.4. The number of halogens is 3. The van der Waals surface area contributed by atoms with Crippen LogP contribution >= 0.6 is 0 Å². The number of hydrogen-bond donors (Lipinski definition) is 2. The zero-order chi connectivity index (χ0) is 28.5. The fourth-order valence-electron chi connectivity index (χ4n) is 5.47. The van der Waals surface area contributed by atoms with Gasteiger partial charge in [-0.25, -0.2) is 9.97 Å². The zero-order valence-electron chi connectivity index (χ0n) is 21.7. The minimum atomic E-state index is -4.53. The summed E-state index contributed by atoms with van der Waals surface area (Å²) < 4.78 is 47.3. The predicted molar refractivity (Wildman–Crippen MR) is 144 cm³/mol. The Kier molecular flexibility index (Phi) is 7.53. The Morgan fingerprint density at radius 3 is 2.73 bits per heavy atom. The fraction of sp³-hybridized carbons (Fsp3) is 0.357. The standard InChI is InChI=1S/C28H26BF3N5O3/c1-27(15-38)14-37(29-16-39)25-19(13-33)10-18(11-23(25)27)24-4-7-34-26(36-24)35-20-2-3-21(17-5-8-40-9-6-17)22(12-20)28(30,31)32/h2-4,7,10-12,16-17,38H,5-6,8-9,14-15H2,1H3,(H,34,35,36). The predicted octanol–water partition coefficient (Wildman–Crippen LogP) is 4.55. The summed E-state index contributed by atoms with van der Waals surface area (Å²) in [6.45, 7) is 2.81. The van der Waals surface area contributed by atoms with E-state index in [4.69, 9.17) is 4.74 Å². The molecule has 12 heteroatoms. The number of nitrogens with one attached hydrogen (secondary N) is 1.